The maximum absolute atomic E-state index is 0. The standard InChI is InChI=1S/Cu.Mn.2O/q2*+2;2*-2. The van der Waals surface area contributed by atoms with Crippen molar-refractivity contribution in [3.05, 3.63) is 0 Å². The Labute approximate surface area is 45.5 Å². The van der Waals surface area contributed by atoms with Crippen molar-refractivity contribution in [1.82, 2.24) is 0 Å². The van der Waals surface area contributed by atoms with E-state index in [1.54, 1.807) is 0 Å². The summed E-state index contributed by atoms with van der Waals surface area (Å²) in [5.74, 6) is 0. The number of hydrogen-bond donors (Lipinski definition) is 0. The molecule has 0 aromatic rings. The van der Waals surface area contributed by atoms with Crippen LogP contribution in [0.25, 0.3) is 0 Å². The van der Waals surface area contributed by atoms with E-state index in [4.69, 9.17) is 0 Å². The van der Waals surface area contributed by atoms with E-state index in [2.05, 4.69) is 0 Å². The SMILES string of the molecule is [Cu+2].[Mn+2].[O-2].[O-2]. The first-order valence-electron chi connectivity index (χ1n) is 0. The molecule has 0 aromatic carbocycles. The molecule has 0 atom stereocenters. The minimum absolute atomic E-state index is 0. The van der Waals surface area contributed by atoms with E-state index < -0.39 is 0 Å². The smallest absolute Gasteiger partial charge is 2.00 e. The van der Waals surface area contributed by atoms with Crippen LogP contribution in [-0.4, -0.2) is 0 Å². The third-order valence-corrected chi connectivity index (χ3v) is 0. The Hall–Kier alpha value is 0.959. The number of hydrogen-bond acceptors (Lipinski definition) is 0. The molecule has 0 unspecified atom stereocenters. The summed E-state index contributed by atoms with van der Waals surface area (Å²) in [6, 6.07) is 0. The van der Waals surface area contributed by atoms with Crippen LogP contribution >= 0.6 is 0 Å². The van der Waals surface area contributed by atoms with Crippen molar-refractivity contribution < 1.29 is 45.1 Å². The Morgan fingerprint density at radius 1 is 0.750 bits per heavy atom. The van der Waals surface area contributed by atoms with E-state index in [1.807, 2.05) is 0 Å². The van der Waals surface area contributed by atoms with Crippen LogP contribution in [0.3, 0.4) is 0 Å². The quantitative estimate of drug-likeness (QED) is 0.428. The second-order valence-electron chi connectivity index (χ2n) is 0. The molecule has 4 heteroatoms. The summed E-state index contributed by atoms with van der Waals surface area (Å²) in [5, 5.41) is 0. The molecule has 0 fully saturated rings. The van der Waals surface area contributed by atoms with Crippen LogP contribution in [0.2, 0.25) is 0 Å². The zero-order valence-corrected chi connectivity index (χ0v) is 3.62. The van der Waals surface area contributed by atoms with Gasteiger partial charge in [0.15, 0.2) is 0 Å². The first kappa shape index (κ1) is 84.5. The fourth-order valence-corrected chi connectivity index (χ4v) is 0. The van der Waals surface area contributed by atoms with E-state index >= 15 is 0 Å². The Kier molecular flexibility index (Phi) is 796. The minimum Gasteiger partial charge on any atom is -2.00 e. The topological polar surface area (TPSA) is 57.0 Å². The molecule has 0 heterocycles. The molecule has 2 nitrogen and oxygen atoms in total. The van der Waals surface area contributed by atoms with Crippen LogP contribution in [0.5, 0.6) is 0 Å². The normalized spacial score (nSPS) is 0. The molecule has 0 saturated carbocycles. The predicted molar refractivity (Wildman–Crippen MR) is 1.37 cm³/mol. The Morgan fingerprint density at radius 2 is 0.750 bits per heavy atom. The molecule has 30 valence electrons. The molecule has 0 bridgehead atoms. The molecular formula is CuMnO2. The Bertz CT molecular complexity index is 6.00. The maximum atomic E-state index is 0. The van der Waals surface area contributed by atoms with Crippen LogP contribution in [0.15, 0.2) is 0 Å². The summed E-state index contributed by atoms with van der Waals surface area (Å²) in [7, 11) is 0. The molecule has 2 radical (unpaired) electrons. The molecule has 0 aliphatic rings. The van der Waals surface area contributed by atoms with Gasteiger partial charge in [-0.25, -0.2) is 0 Å². The van der Waals surface area contributed by atoms with Gasteiger partial charge in [0, 0.05) is 0 Å². The summed E-state index contributed by atoms with van der Waals surface area (Å²) in [4.78, 5) is 0. The average molecular weight is 150 g/mol. The van der Waals surface area contributed by atoms with E-state index in [1.165, 1.54) is 0 Å². The maximum Gasteiger partial charge on any atom is 2.00 e. The Balaban J connectivity index is 0. The molecular weight excluding hydrogens is 150 g/mol. The van der Waals surface area contributed by atoms with Crippen LogP contribution < -0.4 is 0 Å². The molecule has 0 amide bonds. The second-order valence-corrected chi connectivity index (χ2v) is 0. The van der Waals surface area contributed by atoms with Gasteiger partial charge in [-0.3, -0.25) is 0 Å². The van der Waals surface area contributed by atoms with E-state index in [9.17, 15) is 0 Å². The van der Waals surface area contributed by atoms with Gasteiger partial charge in [-0.15, -0.1) is 0 Å². The molecule has 0 aromatic heterocycles. The van der Waals surface area contributed by atoms with E-state index in [-0.39, 0.29) is 45.1 Å². The van der Waals surface area contributed by atoms with Crippen LogP contribution in [0, 0.1) is 0 Å². The minimum atomic E-state index is 0. The average Bonchev–Trinajstić information content (AvgIpc) is 0. The van der Waals surface area contributed by atoms with Crippen molar-refractivity contribution in [1.29, 1.82) is 0 Å². The largest absolute Gasteiger partial charge is 2.00 e. The van der Waals surface area contributed by atoms with Gasteiger partial charge in [0.2, 0.25) is 0 Å². The van der Waals surface area contributed by atoms with Crippen molar-refractivity contribution in [3.63, 3.8) is 0 Å². The van der Waals surface area contributed by atoms with Crippen molar-refractivity contribution >= 4 is 0 Å². The van der Waals surface area contributed by atoms with Gasteiger partial charge in [-0.1, -0.05) is 0 Å². The van der Waals surface area contributed by atoms with Gasteiger partial charge in [0.25, 0.3) is 0 Å². The van der Waals surface area contributed by atoms with Gasteiger partial charge < -0.3 is 11.0 Å². The first-order chi connectivity index (χ1) is 0. The van der Waals surface area contributed by atoms with Crippen LogP contribution in [0.1, 0.15) is 0 Å². The van der Waals surface area contributed by atoms with E-state index in [0.717, 1.165) is 0 Å². The predicted octanol–water partition coefficient (Wildman–Crippen LogP) is -0.243. The fourth-order valence-electron chi connectivity index (χ4n) is 0. The van der Waals surface area contributed by atoms with Crippen LogP contribution in [0.4, 0.5) is 0 Å². The zero-order valence-electron chi connectivity index (χ0n) is 1.50. The van der Waals surface area contributed by atoms with Gasteiger partial charge in [-0.2, -0.15) is 0 Å². The van der Waals surface area contributed by atoms with Crippen molar-refractivity contribution in [2.75, 3.05) is 0 Å². The van der Waals surface area contributed by atoms with Crippen molar-refractivity contribution in [2.24, 2.45) is 0 Å². The van der Waals surface area contributed by atoms with Crippen LogP contribution in [-0.2, 0) is 45.1 Å². The van der Waals surface area contributed by atoms with Gasteiger partial charge in [0.05, 0.1) is 0 Å². The molecule has 0 spiro atoms. The molecule has 0 aliphatic carbocycles. The van der Waals surface area contributed by atoms with Crippen molar-refractivity contribution in [2.45, 2.75) is 0 Å². The third kappa shape index (κ3) is 12.3. The third-order valence-electron chi connectivity index (χ3n) is 0. The molecule has 0 saturated heterocycles. The summed E-state index contributed by atoms with van der Waals surface area (Å²) >= 11 is 0. The molecule has 0 N–H and O–H groups in total. The molecule has 0 aliphatic heterocycles. The zero-order chi connectivity index (χ0) is 0. The monoisotopic (exact) mass is 150 g/mol. The van der Waals surface area contributed by atoms with Crippen molar-refractivity contribution in [3.8, 4) is 0 Å². The first-order valence-corrected chi connectivity index (χ1v) is 0. The van der Waals surface area contributed by atoms with Gasteiger partial charge in [-0.05, 0) is 0 Å². The number of rotatable bonds is 0. The second kappa shape index (κ2) is 37.7. The van der Waals surface area contributed by atoms with Gasteiger partial charge >= 0.3 is 34.1 Å². The summed E-state index contributed by atoms with van der Waals surface area (Å²) in [6.07, 6.45) is 0. The van der Waals surface area contributed by atoms with Gasteiger partial charge in [0.1, 0.15) is 0 Å². The molecule has 0 rings (SSSR count). The summed E-state index contributed by atoms with van der Waals surface area (Å²) in [5.41, 5.74) is 0. The Morgan fingerprint density at radius 3 is 0.750 bits per heavy atom. The molecule has 4 heavy (non-hydrogen) atoms. The fraction of sp³-hybridized carbons (Fsp3) is 0. The summed E-state index contributed by atoms with van der Waals surface area (Å²) in [6.45, 7) is 0. The summed E-state index contributed by atoms with van der Waals surface area (Å²) < 4.78 is 0. The van der Waals surface area contributed by atoms with E-state index in [0.29, 0.717) is 0 Å².